The average Bonchev–Trinajstić information content (AvgIpc) is 2.98. The monoisotopic (exact) mass is 363 g/mol. The van der Waals surface area contributed by atoms with Crippen molar-refractivity contribution < 1.29 is 13.9 Å². The maximum absolute atomic E-state index is 13.4. The van der Waals surface area contributed by atoms with E-state index in [9.17, 15) is 13.9 Å². The number of halogens is 2. The van der Waals surface area contributed by atoms with E-state index < -0.39 is 5.60 Å². The Morgan fingerprint density at radius 1 is 0.815 bits per heavy atom. The molecule has 0 aliphatic heterocycles. The molecule has 136 valence electrons. The summed E-state index contributed by atoms with van der Waals surface area (Å²) in [5, 5.41) is 12.7. The lowest BCUT2D eigenvalue weighted by atomic mass is 9.81. The van der Waals surface area contributed by atoms with Gasteiger partial charge in [-0.05, 0) is 47.0 Å². The molecule has 1 heterocycles. The first-order valence-electron chi connectivity index (χ1n) is 8.75. The molecular weight excluding hydrogens is 344 g/mol. The van der Waals surface area contributed by atoms with Crippen molar-refractivity contribution in [1.82, 2.24) is 4.57 Å². The van der Waals surface area contributed by atoms with Crippen LogP contribution in [-0.2, 0) is 19.1 Å². The lowest BCUT2D eigenvalue weighted by Crippen LogP contribution is -2.30. The summed E-state index contributed by atoms with van der Waals surface area (Å²) in [6.07, 6.45) is 2.27. The number of hydrogen-bond donors (Lipinski definition) is 1. The third-order valence-electron chi connectivity index (χ3n) is 5.07. The van der Waals surface area contributed by atoms with Crippen LogP contribution in [-0.4, -0.2) is 9.67 Å². The van der Waals surface area contributed by atoms with E-state index in [1.54, 1.807) is 24.3 Å². The van der Waals surface area contributed by atoms with Crippen LogP contribution in [0.3, 0.4) is 0 Å². The summed E-state index contributed by atoms with van der Waals surface area (Å²) >= 11 is 0. The first-order valence-corrected chi connectivity index (χ1v) is 8.75. The Morgan fingerprint density at radius 3 is 1.89 bits per heavy atom. The van der Waals surface area contributed by atoms with E-state index in [2.05, 4.69) is 0 Å². The van der Waals surface area contributed by atoms with Crippen LogP contribution >= 0.6 is 0 Å². The van der Waals surface area contributed by atoms with Crippen LogP contribution in [0.15, 0.2) is 79.0 Å². The number of fused-ring (bicyclic) bond motifs is 1. The summed E-state index contributed by atoms with van der Waals surface area (Å²) in [4.78, 5) is 0. The van der Waals surface area contributed by atoms with E-state index in [4.69, 9.17) is 0 Å². The van der Waals surface area contributed by atoms with E-state index in [1.165, 1.54) is 24.3 Å². The summed E-state index contributed by atoms with van der Waals surface area (Å²) < 4.78 is 28.9. The van der Waals surface area contributed by atoms with Crippen LogP contribution in [0.2, 0.25) is 0 Å². The molecule has 0 aliphatic carbocycles. The quantitative estimate of drug-likeness (QED) is 0.546. The molecule has 27 heavy (non-hydrogen) atoms. The highest BCUT2D eigenvalue weighted by Crippen LogP contribution is 2.36. The van der Waals surface area contributed by atoms with Crippen molar-refractivity contribution in [2.45, 2.75) is 12.0 Å². The van der Waals surface area contributed by atoms with Gasteiger partial charge in [-0.15, -0.1) is 0 Å². The Kier molecular flexibility index (Phi) is 4.28. The largest absolute Gasteiger partial charge is 0.380 e. The number of aryl methyl sites for hydroxylation is 1. The minimum absolute atomic E-state index is 0.283. The van der Waals surface area contributed by atoms with E-state index >= 15 is 0 Å². The third-order valence-corrected chi connectivity index (χ3v) is 5.07. The van der Waals surface area contributed by atoms with Crippen LogP contribution in [0.1, 0.15) is 16.7 Å². The molecule has 0 fully saturated rings. The first kappa shape index (κ1) is 17.4. The standard InChI is InChI=1S/C23H19F2NO/c1-26-15-16(21-4-2-3-5-22(21)26)14-23(27,17-6-10-19(24)11-7-17)18-8-12-20(25)13-9-18/h2-13,15,27H,14H2,1H3. The van der Waals surface area contributed by atoms with Gasteiger partial charge in [0, 0.05) is 30.6 Å². The molecule has 1 N–H and O–H groups in total. The molecule has 4 rings (SSSR count). The van der Waals surface area contributed by atoms with Gasteiger partial charge in [0.1, 0.15) is 17.2 Å². The smallest absolute Gasteiger partial charge is 0.123 e. The van der Waals surface area contributed by atoms with Crippen LogP contribution in [0.25, 0.3) is 10.9 Å². The van der Waals surface area contributed by atoms with Crippen molar-refractivity contribution in [1.29, 1.82) is 0 Å². The Balaban J connectivity index is 1.87. The number of rotatable bonds is 4. The van der Waals surface area contributed by atoms with Crippen molar-refractivity contribution >= 4 is 10.9 Å². The minimum atomic E-state index is -1.41. The number of aromatic nitrogens is 1. The molecule has 0 radical (unpaired) electrons. The van der Waals surface area contributed by atoms with Crippen molar-refractivity contribution in [3.8, 4) is 0 Å². The number of aliphatic hydroxyl groups is 1. The number of nitrogens with zero attached hydrogens (tertiary/aromatic N) is 1. The molecule has 0 unspecified atom stereocenters. The van der Waals surface area contributed by atoms with E-state index in [0.717, 1.165) is 16.5 Å². The van der Waals surface area contributed by atoms with Gasteiger partial charge in [-0.25, -0.2) is 8.78 Å². The van der Waals surface area contributed by atoms with Gasteiger partial charge in [-0.2, -0.15) is 0 Å². The molecule has 0 saturated carbocycles. The number of para-hydroxylation sites is 1. The molecule has 3 aromatic carbocycles. The first-order chi connectivity index (χ1) is 13.0. The Hall–Kier alpha value is -2.98. The summed E-state index contributed by atoms with van der Waals surface area (Å²) in [6, 6.07) is 19.6. The number of benzene rings is 3. The maximum Gasteiger partial charge on any atom is 0.123 e. The summed E-state index contributed by atoms with van der Waals surface area (Å²) in [6.45, 7) is 0. The zero-order valence-electron chi connectivity index (χ0n) is 14.9. The zero-order valence-corrected chi connectivity index (χ0v) is 14.9. The highest BCUT2D eigenvalue weighted by molar-refractivity contribution is 5.84. The Labute approximate surface area is 156 Å². The van der Waals surface area contributed by atoms with E-state index in [0.29, 0.717) is 11.1 Å². The van der Waals surface area contributed by atoms with Crippen LogP contribution in [0, 0.1) is 11.6 Å². The predicted molar refractivity (Wildman–Crippen MR) is 102 cm³/mol. The normalized spacial score (nSPS) is 11.9. The van der Waals surface area contributed by atoms with Crippen molar-refractivity contribution in [3.63, 3.8) is 0 Å². The molecule has 2 nitrogen and oxygen atoms in total. The topological polar surface area (TPSA) is 25.2 Å². The van der Waals surface area contributed by atoms with Crippen molar-refractivity contribution in [2.75, 3.05) is 0 Å². The summed E-state index contributed by atoms with van der Waals surface area (Å²) in [5.41, 5.74) is 1.73. The van der Waals surface area contributed by atoms with E-state index in [1.807, 2.05) is 42.1 Å². The molecule has 0 spiro atoms. The van der Waals surface area contributed by atoms with Crippen molar-refractivity contribution in [3.05, 3.63) is 107 Å². The van der Waals surface area contributed by atoms with Crippen molar-refractivity contribution in [2.24, 2.45) is 7.05 Å². The highest BCUT2D eigenvalue weighted by atomic mass is 19.1. The Morgan fingerprint density at radius 2 is 1.33 bits per heavy atom. The minimum Gasteiger partial charge on any atom is -0.380 e. The SMILES string of the molecule is Cn1cc(CC(O)(c2ccc(F)cc2)c2ccc(F)cc2)c2ccccc21. The second kappa shape index (κ2) is 6.63. The molecule has 0 amide bonds. The molecular formula is C23H19F2NO. The molecule has 0 bridgehead atoms. The second-order valence-corrected chi connectivity index (χ2v) is 6.83. The average molecular weight is 363 g/mol. The summed E-state index contributed by atoms with van der Waals surface area (Å²) in [7, 11) is 1.96. The summed E-state index contributed by atoms with van der Waals surface area (Å²) in [5.74, 6) is -0.740. The van der Waals surface area contributed by atoms with Gasteiger partial charge in [-0.1, -0.05) is 42.5 Å². The fourth-order valence-corrected chi connectivity index (χ4v) is 3.66. The van der Waals surface area contributed by atoms with Gasteiger partial charge in [0.05, 0.1) is 0 Å². The molecule has 1 aromatic heterocycles. The predicted octanol–water partition coefficient (Wildman–Crippen LogP) is 4.94. The second-order valence-electron chi connectivity index (χ2n) is 6.83. The van der Waals surface area contributed by atoms with Gasteiger partial charge in [0.2, 0.25) is 0 Å². The molecule has 0 aliphatic rings. The maximum atomic E-state index is 13.4. The van der Waals surface area contributed by atoms with Crippen LogP contribution < -0.4 is 0 Å². The highest BCUT2D eigenvalue weighted by Gasteiger charge is 2.33. The molecule has 0 atom stereocenters. The van der Waals surface area contributed by atoms with Gasteiger partial charge in [0.15, 0.2) is 0 Å². The fraction of sp³-hybridized carbons (Fsp3) is 0.130. The van der Waals surface area contributed by atoms with Crippen LogP contribution in [0.4, 0.5) is 8.78 Å². The fourth-order valence-electron chi connectivity index (χ4n) is 3.66. The van der Waals surface area contributed by atoms with Gasteiger partial charge >= 0.3 is 0 Å². The number of hydrogen-bond acceptors (Lipinski definition) is 1. The van der Waals surface area contributed by atoms with Crippen LogP contribution in [0.5, 0.6) is 0 Å². The lowest BCUT2D eigenvalue weighted by molar-refractivity contribution is 0.0813. The van der Waals surface area contributed by atoms with Gasteiger partial charge < -0.3 is 9.67 Å². The third kappa shape index (κ3) is 3.13. The van der Waals surface area contributed by atoms with E-state index in [-0.39, 0.29) is 18.1 Å². The molecule has 4 aromatic rings. The van der Waals surface area contributed by atoms with Gasteiger partial charge in [-0.3, -0.25) is 0 Å². The zero-order chi connectivity index (χ0) is 19.0. The van der Waals surface area contributed by atoms with Gasteiger partial charge in [0.25, 0.3) is 0 Å². The Bertz CT molecular complexity index is 1040. The lowest BCUT2D eigenvalue weighted by Gasteiger charge is -2.29. The molecule has 4 heteroatoms. The molecule has 0 saturated heterocycles.